The second kappa shape index (κ2) is 3.57. The lowest BCUT2D eigenvalue weighted by Crippen LogP contribution is -1.98. The molecule has 2 aromatic rings. The quantitative estimate of drug-likeness (QED) is 0.783. The molecule has 1 heterocycles. The van der Waals surface area contributed by atoms with Gasteiger partial charge in [0.1, 0.15) is 0 Å². The minimum absolute atomic E-state index is 0.0545. The van der Waals surface area contributed by atoms with Gasteiger partial charge in [0.2, 0.25) is 0 Å². The molecule has 0 radical (unpaired) electrons. The van der Waals surface area contributed by atoms with E-state index in [1.165, 1.54) is 0 Å². The predicted molar refractivity (Wildman–Crippen MR) is 55.7 cm³/mol. The zero-order valence-electron chi connectivity index (χ0n) is 8.19. The summed E-state index contributed by atoms with van der Waals surface area (Å²) in [7, 11) is 0. The standard InChI is InChI=1S/C11H10N2O2/c1-7-2-4-8(5-3-7)9-6-12-13-10(9)11(14)15/h2-6H,1H3,(H,12,13)(H,14,15). The number of aromatic amines is 1. The van der Waals surface area contributed by atoms with Crippen molar-refractivity contribution in [3.8, 4) is 11.1 Å². The Morgan fingerprint density at radius 1 is 1.33 bits per heavy atom. The van der Waals surface area contributed by atoms with Crippen LogP contribution < -0.4 is 0 Å². The number of hydrogen-bond donors (Lipinski definition) is 2. The topological polar surface area (TPSA) is 66.0 Å². The third-order valence-electron chi connectivity index (χ3n) is 2.21. The summed E-state index contributed by atoms with van der Waals surface area (Å²) in [6.07, 6.45) is 1.59. The number of carboxylic acid groups (broad SMARTS) is 1. The van der Waals surface area contributed by atoms with Crippen LogP contribution >= 0.6 is 0 Å². The molecule has 0 fully saturated rings. The molecule has 0 unspecified atom stereocenters. The average Bonchev–Trinajstić information content (AvgIpc) is 2.67. The molecule has 15 heavy (non-hydrogen) atoms. The molecule has 2 rings (SSSR count). The maximum Gasteiger partial charge on any atom is 0.357 e. The van der Waals surface area contributed by atoms with E-state index in [4.69, 9.17) is 5.11 Å². The van der Waals surface area contributed by atoms with Crippen molar-refractivity contribution in [3.05, 3.63) is 41.7 Å². The van der Waals surface area contributed by atoms with Gasteiger partial charge in [0.05, 0.1) is 0 Å². The van der Waals surface area contributed by atoms with Gasteiger partial charge in [-0.25, -0.2) is 4.79 Å². The van der Waals surface area contributed by atoms with Gasteiger partial charge >= 0.3 is 5.97 Å². The van der Waals surface area contributed by atoms with Crippen LogP contribution in [0.4, 0.5) is 0 Å². The lowest BCUT2D eigenvalue weighted by Gasteiger charge is -1.99. The molecule has 2 N–H and O–H groups in total. The molecule has 0 aliphatic carbocycles. The maximum absolute atomic E-state index is 10.8. The number of aryl methyl sites for hydroxylation is 1. The molecule has 76 valence electrons. The van der Waals surface area contributed by atoms with E-state index in [1.807, 2.05) is 31.2 Å². The van der Waals surface area contributed by atoms with E-state index in [0.29, 0.717) is 5.56 Å². The Kier molecular flexibility index (Phi) is 2.25. The molecule has 0 atom stereocenters. The van der Waals surface area contributed by atoms with Gasteiger partial charge in [0.25, 0.3) is 0 Å². The zero-order chi connectivity index (χ0) is 10.8. The van der Waals surface area contributed by atoms with Crippen LogP contribution in [0.3, 0.4) is 0 Å². The lowest BCUT2D eigenvalue weighted by atomic mass is 10.1. The molecule has 0 aliphatic heterocycles. The van der Waals surface area contributed by atoms with Gasteiger partial charge < -0.3 is 5.11 Å². The van der Waals surface area contributed by atoms with Crippen LogP contribution in [0.25, 0.3) is 11.1 Å². The first-order valence-corrected chi connectivity index (χ1v) is 4.52. The second-order valence-electron chi connectivity index (χ2n) is 3.32. The average molecular weight is 202 g/mol. The first kappa shape index (κ1) is 9.45. The molecular formula is C11H10N2O2. The molecule has 0 saturated heterocycles. The number of nitrogens with zero attached hydrogens (tertiary/aromatic N) is 1. The normalized spacial score (nSPS) is 10.2. The van der Waals surface area contributed by atoms with Crippen LogP contribution in [0.5, 0.6) is 0 Å². The second-order valence-corrected chi connectivity index (χ2v) is 3.32. The monoisotopic (exact) mass is 202 g/mol. The first-order chi connectivity index (χ1) is 7.18. The van der Waals surface area contributed by atoms with Gasteiger partial charge in [-0.05, 0) is 12.5 Å². The summed E-state index contributed by atoms with van der Waals surface area (Å²) in [6.45, 7) is 1.98. The first-order valence-electron chi connectivity index (χ1n) is 4.52. The van der Waals surface area contributed by atoms with Crippen LogP contribution in [0, 0.1) is 6.92 Å². The number of carbonyl (C=O) groups is 1. The Hall–Kier alpha value is -2.10. The Morgan fingerprint density at radius 2 is 2.00 bits per heavy atom. The summed E-state index contributed by atoms with van der Waals surface area (Å²) in [5.74, 6) is -1.02. The number of aromatic carboxylic acids is 1. The van der Waals surface area contributed by atoms with E-state index in [2.05, 4.69) is 10.2 Å². The third kappa shape index (κ3) is 1.74. The number of hydrogen-bond acceptors (Lipinski definition) is 2. The van der Waals surface area contributed by atoms with Gasteiger partial charge in [0.15, 0.2) is 5.69 Å². The molecule has 4 heteroatoms. The highest BCUT2D eigenvalue weighted by atomic mass is 16.4. The summed E-state index contributed by atoms with van der Waals surface area (Å²) in [5, 5.41) is 15.1. The molecule has 1 aromatic heterocycles. The van der Waals surface area contributed by atoms with Crippen molar-refractivity contribution >= 4 is 5.97 Å². The Bertz CT molecular complexity index is 486. The van der Waals surface area contributed by atoms with Crippen molar-refractivity contribution in [2.24, 2.45) is 0 Å². The highest BCUT2D eigenvalue weighted by Crippen LogP contribution is 2.22. The van der Waals surface area contributed by atoms with Crippen LogP contribution in [-0.2, 0) is 0 Å². The molecule has 0 amide bonds. The smallest absolute Gasteiger partial charge is 0.357 e. The van der Waals surface area contributed by atoms with Crippen molar-refractivity contribution in [1.82, 2.24) is 10.2 Å². The van der Waals surface area contributed by atoms with E-state index in [1.54, 1.807) is 6.20 Å². The summed E-state index contributed by atoms with van der Waals surface area (Å²) in [6, 6.07) is 7.64. The Labute approximate surface area is 86.6 Å². The number of rotatable bonds is 2. The number of aromatic nitrogens is 2. The number of carboxylic acids is 1. The highest BCUT2D eigenvalue weighted by Gasteiger charge is 2.14. The van der Waals surface area contributed by atoms with E-state index < -0.39 is 5.97 Å². The largest absolute Gasteiger partial charge is 0.476 e. The summed E-state index contributed by atoms with van der Waals surface area (Å²) in [4.78, 5) is 10.8. The lowest BCUT2D eigenvalue weighted by molar-refractivity contribution is 0.0691. The van der Waals surface area contributed by atoms with E-state index in [9.17, 15) is 4.79 Å². The fourth-order valence-corrected chi connectivity index (χ4v) is 1.41. The van der Waals surface area contributed by atoms with Gasteiger partial charge in [-0.3, -0.25) is 5.10 Å². The minimum atomic E-state index is -1.02. The van der Waals surface area contributed by atoms with Gasteiger partial charge in [-0.15, -0.1) is 0 Å². The number of benzene rings is 1. The highest BCUT2D eigenvalue weighted by molar-refractivity contribution is 5.93. The van der Waals surface area contributed by atoms with Crippen LogP contribution in [0.15, 0.2) is 30.5 Å². The van der Waals surface area contributed by atoms with E-state index in [0.717, 1.165) is 11.1 Å². The van der Waals surface area contributed by atoms with Crippen molar-refractivity contribution < 1.29 is 9.90 Å². The van der Waals surface area contributed by atoms with Gasteiger partial charge in [0, 0.05) is 11.8 Å². The molecule has 0 aliphatic rings. The summed E-state index contributed by atoms with van der Waals surface area (Å²) >= 11 is 0. The van der Waals surface area contributed by atoms with Crippen LogP contribution in [0.2, 0.25) is 0 Å². The van der Waals surface area contributed by atoms with E-state index >= 15 is 0 Å². The van der Waals surface area contributed by atoms with Gasteiger partial charge in [-0.2, -0.15) is 5.10 Å². The van der Waals surface area contributed by atoms with Crippen LogP contribution in [-0.4, -0.2) is 21.3 Å². The summed E-state index contributed by atoms with van der Waals surface area (Å²) in [5.41, 5.74) is 2.66. The fraction of sp³-hybridized carbons (Fsp3) is 0.0909. The van der Waals surface area contributed by atoms with Crippen molar-refractivity contribution in [2.75, 3.05) is 0 Å². The molecule has 0 spiro atoms. The molecule has 4 nitrogen and oxygen atoms in total. The maximum atomic E-state index is 10.8. The molecular weight excluding hydrogens is 192 g/mol. The summed E-state index contributed by atoms with van der Waals surface area (Å²) < 4.78 is 0. The van der Waals surface area contributed by atoms with Crippen molar-refractivity contribution in [1.29, 1.82) is 0 Å². The minimum Gasteiger partial charge on any atom is -0.476 e. The SMILES string of the molecule is Cc1ccc(-c2c[nH]nc2C(=O)O)cc1. The fourth-order valence-electron chi connectivity index (χ4n) is 1.41. The number of nitrogens with one attached hydrogen (secondary N) is 1. The number of H-pyrrole nitrogens is 1. The van der Waals surface area contributed by atoms with Gasteiger partial charge in [-0.1, -0.05) is 29.8 Å². The molecule has 0 saturated carbocycles. The van der Waals surface area contributed by atoms with E-state index in [-0.39, 0.29) is 5.69 Å². The Balaban J connectivity index is 2.49. The Morgan fingerprint density at radius 3 is 2.60 bits per heavy atom. The molecule has 1 aromatic carbocycles. The third-order valence-corrected chi connectivity index (χ3v) is 2.21. The van der Waals surface area contributed by atoms with Crippen LogP contribution in [0.1, 0.15) is 16.1 Å². The molecule has 0 bridgehead atoms. The predicted octanol–water partition coefficient (Wildman–Crippen LogP) is 2.08. The zero-order valence-corrected chi connectivity index (χ0v) is 8.19. The van der Waals surface area contributed by atoms with Crippen molar-refractivity contribution in [2.45, 2.75) is 6.92 Å². The van der Waals surface area contributed by atoms with Crippen molar-refractivity contribution in [3.63, 3.8) is 0 Å².